The molecule has 0 aliphatic rings. The summed E-state index contributed by atoms with van der Waals surface area (Å²) in [4.78, 5) is 0. The van der Waals surface area contributed by atoms with Crippen molar-refractivity contribution < 1.29 is 0 Å². The Morgan fingerprint density at radius 2 is 1.00 bits per heavy atom. The van der Waals surface area contributed by atoms with Gasteiger partial charge in [0.05, 0.1) is 0 Å². The largest absolute Gasteiger partial charge is 0.0991 e. The van der Waals surface area contributed by atoms with E-state index in [0.717, 1.165) is 11.1 Å². The quantitative estimate of drug-likeness (QED) is 0.147. The van der Waals surface area contributed by atoms with E-state index in [2.05, 4.69) is 153 Å². The zero-order valence-electron chi connectivity index (χ0n) is 23.4. The Kier molecular flexibility index (Phi) is 6.58. The fraction of sp³-hybridized carbons (Fsp3) is 0. The molecule has 42 heavy (non-hydrogen) atoms. The summed E-state index contributed by atoms with van der Waals surface area (Å²) in [5, 5.41) is 7.57. The van der Waals surface area contributed by atoms with Crippen molar-refractivity contribution in [2.24, 2.45) is 0 Å². The van der Waals surface area contributed by atoms with Gasteiger partial charge in [-0.3, -0.25) is 0 Å². The van der Waals surface area contributed by atoms with Crippen molar-refractivity contribution >= 4 is 37.9 Å². The van der Waals surface area contributed by atoms with E-state index in [1.807, 2.05) is 12.2 Å². The molecule has 0 aliphatic heterocycles. The van der Waals surface area contributed by atoms with Crippen LogP contribution in [0.3, 0.4) is 0 Å². The molecule has 0 bridgehead atoms. The smallest absolute Gasteiger partial charge is 0.00201 e. The summed E-state index contributed by atoms with van der Waals surface area (Å²) in [6.07, 6.45) is 5.70. The Morgan fingerprint density at radius 1 is 0.476 bits per heavy atom. The van der Waals surface area contributed by atoms with Gasteiger partial charge < -0.3 is 0 Å². The number of benzene rings is 7. The normalized spacial score (nSPS) is 11.4. The van der Waals surface area contributed by atoms with Crippen LogP contribution in [0.15, 0.2) is 171 Å². The van der Waals surface area contributed by atoms with Crippen molar-refractivity contribution in [3.8, 4) is 33.4 Å². The third kappa shape index (κ3) is 4.44. The van der Waals surface area contributed by atoms with Gasteiger partial charge in [0.2, 0.25) is 0 Å². The van der Waals surface area contributed by atoms with Gasteiger partial charge in [0.25, 0.3) is 0 Å². The molecule has 0 N–H and O–H groups in total. The van der Waals surface area contributed by atoms with Gasteiger partial charge in [0, 0.05) is 0 Å². The van der Waals surface area contributed by atoms with E-state index < -0.39 is 0 Å². The first-order chi connectivity index (χ1) is 20.7. The van der Waals surface area contributed by atoms with Crippen molar-refractivity contribution in [2.45, 2.75) is 0 Å². The first kappa shape index (κ1) is 25.5. The molecule has 0 atom stereocenters. The lowest BCUT2D eigenvalue weighted by Gasteiger charge is -2.19. The van der Waals surface area contributed by atoms with Gasteiger partial charge in [-0.1, -0.05) is 159 Å². The molecule has 7 rings (SSSR count). The molecule has 0 heteroatoms. The predicted octanol–water partition coefficient (Wildman–Crippen LogP) is 11.9. The van der Waals surface area contributed by atoms with Crippen molar-refractivity contribution in [3.05, 3.63) is 176 Å². The molecule has 0 aliphatic carbocycles. The highest BCUT2D eigenvalue weighted by Crippen LogP contribution is 2.45. The Morgan fingerprint density at radius 3 is 1.69 bits per heavy atom. The molecule has 0 radical (unpaired) electrons. The topological polar surface area (TPSA) is 0 Å². The van der Waals surface area contributed by atoms with E-state index in [1.54, 1.807) is 6.08 Å². The SMILES string of the molecule is C=C/C=C\C(=C)c1cccc(-c2cccc(-c3c4ccccc4c(-c4cccc5ccccc45)c4ccccc34)c2)c1. The van der Waals surface area contributed by atoms with Crippen LogP contribution in [0.2, 0.25) is 0 Å². The summed E-state index contributed by atoms with van der Waals surface area (Å²) in [5.41, 5.74) is 9.45. The van der Waals surface area contributed by atoms with Crippen LogP contribution in [-0.4, -0.2) is 0 Å². The van der Waals surface area contributed by atoms with Gasteiger partial charge in [-0.2, -0.15) is 0 Å². The Labute approximate surface area is 247 Å². The fourth-order valence-corrected chi connectivity index (χ4v) is 6.21. The lowest BCUT2D eigenvalue weighted by Crippen LogP contribution is -1.92. The third-order valence-electron chi connectivity index (χ3n) is 8.14. The molecule has 7 aromatic carbocycles. The highest BCUT2D eigenvalue weighted by molar-refractivity contribution is 6.23. The molecule has 0 spiro atoms. The van der Waals surface area contributed by atoms with Crippen molar-refractivity contribution in [2.75, 3.05) is 0 Å². The molecule has 0 heterocycles. The summed E-state index contributed by atoms with van der Waals surface area (Å²) in [6.45, 7) is 8.03. The van der Waals surface area contributed by atoms with Gasteiger partial charge in [-0.05, 0) is 89.0 Å². The van der Waals surface area contributed by atoms with Crippen LogP contribution in [0.5, 0.6) is 0 Å². The first-order valence-corrected chi connectivity index (χ1v) is 14.3. The fourth-order valence-electron chi connectivity index (χ4n) is 6.21. The van der Waals surface area contributed by atoms with E-state index in [4.69, 9.17) is 0 Å². The van der Waals surface area contributed by atoms with Crippen LogP contribution in [0.4, 0.5) is 0 Å². The maximum atomic E-state index is 4.25. The average molecular weight is 535 g/mol. The maximum Gasteiger partial charge on any atom is -0.00201 e. The predicted molar refractivity (Wildman–Crippen MR) is 184 cm³/mol. The minimum Gasteiger partial charge on any atom is -0.0991 e. The van der Waals surface area contributed by atoms with E-state index in [-0.39, 0.29) is 0 Å². The van der Waals surface area contributed by atoms with Crippen LogP contribution in [-0.2, 0) is 0 Å². The van der Waals surface area contributed by atoms with Crippen molar-refractivity contribution in [1.82, 2.24) is 0 Å². The molecular weight excluding hydrogens is 504 g/mol. The summed E-state index contributed by atoms with van der Waals surface area (Å²) in [6, 6.07) is 50.6. The van der Waals surface area contributed by atoms with Crippen molar-refractivity contribution in [1.29, 1.82) is 0 Å². The number of allylic oxidation sites excluding steroid dienone is 4. The van der Waals surface area contributed by atoms with Crippen LogP contribution >= 0.6 is 0 Å². The summed E-state index contributed by atoms with van der Waals surface area (Å²) in [5.74, 6) is 0. The monoisotopic (exact) mass is 534 g/mol. The van der Waals surface area contributed by atoms with Crippen LogP contribution < -0.4 is 0 Å². The Bertz CT molecular complexity index is 2110. The highest BCUT2D eigenvalue weighted by atomic mass is 14.2. The lowest BCUT2D eigenvalue weighted by atomic mass is 9.84. The van der Waals surface area contributed by atoms with Crippen molar-refractivity contribution in [3.63, 3.8) is 0 Å². The van der Waals surface area contributed by atoms with Gasteiger partial charge in [0.15, 0.2) is 0 Å². The number of hydrogen-bond donors (Lipinski definition) is 0. The molecule has 0 aromatic heterocycles. The molecule has 0 saturated carbocycles. The molecular formula is C42H30. The zero-order valence-corrected chi connectivity index (χ0v) is 23.4. The Balaban J connectivity index is 1.47. The Hall–Kier alpha value is -5.46. The second-order valence-corrected chi connectivity index (χ2v) is 10.6. The van der Waals surface area contributed by atoms with E-state index in [1.165, 1.54) is 65.7 Å². The summed E-state index contributed by atoms with van der Waals surface area (Å²) < 4.78 is 0. The molecule has 7 aromatic rings. The minimum atomic E-state index is 0.967. The minimum absolute atomic E-state index is 0.967. The van der Waals surface area contributed by atoms with Gasteiger partial charge in [-0.25, -0.2) is 0 Å². The molecule has 0 nitrogen and oxygen atoms in total. The maximum absolute atomic E-state index is 4.25. The van der Waals surface area contributed by atoms with Crippen LogP contribution in [0.25, 0.3) is 71.3 Å². The number of hydrogen-bond acceptors (Lipinski definition) is 0. The molecule has 0 unspecified atom stereocenters. The van der Waals surface area contributed by atoms with Gasteiger partial charge in [-0.15, -0.1) is 0 Å². The molecule has 198 valence electrons. The van der Waals surface area contributed by atoms with Gasteiger partial charge in [0.1, 0.15) is 0 Å². The number of rotatable bonds is 6. The van der Waals surface area contributed by atoms with Crippen LogP contribution in [0, 0.1) is 0 Å². The number of fused-ring (bicyclic) bond motifs is 3. The third-order valence-corrected chi connectivity index (χ3v) is 8.14. The first-order valence-electron chi connectivity index (χ1n) is 14.3. The van der Waals surface area contributed by atoms with E-state index >= 15 is 0 Å². The standard InChI is InChI=1S/C42H30/c1-3-4-14-29(2)31-17-11-18-32(27-31)33-19-12-20-34(28-33)41-37-22-7-9-24-39(37)42(40-25-10-8-23-38(40)41)36-26-13-16-30-15-5-6-21-35(30)36/h3-28H,1-2H2/b14-4-. The molecule has 0 amide bonds. The molecule has 0 fully saturated rings. The highest BCUT2D eigenvalue weighted by Gasteiger charge is 2.18. The van der Waals surface area contributed by atoms with Gasteiger partial charge >= 0.3 is 0 Å². The average Bonchev–Trinajstić information content (AvgIpc) is 3.06. The summed E-state index contributed by atoms with van der Waals surface area (Å²) >= 11 is 0. The molecule has 0 saturated heterocycles. The van der Waals surface area contributed by atoms with E-state index in [9.17, 15) is 0 Å². The zero-order chi connectivity index (χ0) is 28.5. The van der Waals surface area contributed by atoms with E-state index in [0.29, 0.717) is 0 Å². The second-order valence-electron chi connectivity index (χ2n) is 10.6. The summed E-state index contributed by atoms with van der Waals surface area (Å²) in [7, 11) is 0. The second kappa shape index (κ2) is 10.8. The lowest BCUT2D eigenvalue weighted by molar-refractivity contribution is 1.58. The van der Waals surface area contributed by atoms with Crippen LogP contribution in [0.1, 0.15) is 5.56 Å².